The smallest absolute Gasteiger partial charge is 0.254 e. The fraction of sp³-hybridized carbons (Fsp3) is 0.929. The number of nitrogens with zero attached hydrogens (tertiary/aromatic N) is 1. The van der Waals surface area contributed by atoms with Gasteiger partial charge in [-0.1, -0.05) is 19.3 Å². The van der Waals surface area contributed by atoms with Crippen molar-refractivity contribution in [3.05, 3.63) is 0 Å². The van der Waals surface area contributed by atoms with E-state index in [2.05, 4.69) is 0 Å². The lowest BCUT2D eigenvalue weighted by molar-refractivity contribution is -0.145. The first-order valence-electron chi connectivity index (χ1n) is 6.88. The van der Waals surface area contributed by atoms with Crippen LogP contribution in [0.5, 0.6) is 0 Å². The summed E-state index contributed by atoms with van der Waals surface area (Å²) in [5.74, 6) is -0.0561. The molecule has 104 valence electrons. The van der Waals surface area contributed by atoms with Crippen LogP contribution in [0.4, 0.5) is 0 Å². The van der Waals surface area contributed by atoms with Gasteiger partial charge in [-0.25, -0.2) is 0 Å². The quantitative estimate of drug-likeness (QED) is 0.778. The lowest BCUT2D eigenvalue weighted by atomic mass is 9.70. The predicted molar refractivity (Wildman–Crippen MR) is 68.9 cm³/mol. The maximum Gasteiger partial charge on any atom is 0.254 e. The Kier molecular flexibility index (Phi) is 3.45. The predicted octanol–water partition coefficient (Wildman–Crippen LogP) is 1.91. The first-order valence-corrected chi connectivity index (χ1v) is 6.88. The van der Waals surface area contributed by atoms with Gasteiger partial charge in [0.25, 0.3) is 5.91 Å². The highest BCUT2D eigenvalue weighted by Gasteiger charge is 2.61. The zero-order chi connectivity index (χ0) is 13.6. The van der Waals surface area contributed by atoms with Crippen molar-refractivity contribution in [2.24, 2.45) is 5.41 Å². The summed E-state index contributed by atoms with van der Waals surface area (Å²) in [7, 11) is 1.58. The number of likely N-dealkylation sites (tertiary alicyclic amines) is 1. The average molecular weight is 255 g/mol. The number of methoxy groups -OCH3 is 1. The van der Waals surface area contributed by atoms with Crippen LogP contribution >= 0.6 is 0 Å². The molecule has 1 saturated carbocycles. The van der Waals surface area contributed by atoms with Crippen LogP contribution in [-0.4, -0.2) is 40.9 Å². The van der Waals surface area contributed by atoms with Gasteiger partial charge in [-0.05, 0) is 33.6 Å². The van der Waals surface area contributed by atoms with Crippen LogP contribution in [0.3, 0.4) is 0 Å². The topological polar surface area (TPSA) is 49.8 Å². The number of ether oxygens (including phenoxy) is 1. The standard InChI is InChI=1S/C14H25NO3/c1-13(2,3)15-11(16)10(18-4)14(12(15)17)8-6-5-7-9-14/h10,12,17H,5-9H2,1-4H3/t10-,12+/m1/s1. The van der Waals surface area contributed by atoms with Crippen LogP contribution in [-0.2, 0) is 9.53 Å². The van der Waals surface area contributed by atoms with E-state index in [0.717, 1.165) is 25.7 Å². The molecule has 2 atom stereocenters. The summed E-state index contributed by atoms with van der Waals surface area (Å²) >= 11 is 0. The van der Waals surface area contributed by atoms with Gasteiger partial charge in [-0.3, -0.25) is 4.79 Å². The fourth-order valence-corrected chi connectivity index (χ4v) is 3.65. The second-order valence-corrected chi connectivity index (χ2v) is 6.66. The van der Waals surface area contributed by atoms with Crippen LogP contribution in [0.25, 0.3) is 0 Å². The molecule has 2 fully saturated rings. The van der Waals surface area contributed by atoms with E-state index in [0.29, 0.717) is 0 Å². The number of hydrogen-bond acceptors (Lipinski definition) is 3. The SMILES string of the molecule is CO[C@@H]1C(=O)N(C(C)(C)C)[C@@H](O)C12CCCCC2. The minimum absolute atomic E-state index is 0.0561. The minimum atomic E-state index is -0.713. The third kappa shape index (κ3) is 1.86. The number of carbonyl (C=O) groups is 1. The third-order valence-electron chi connectivity index (χ3n) is 4.49. The molecule has 4 nitrogen and oxygen atoms in total. The fourth-order valence-electron chi connectivity index (χ4n) is 3.65. The summed E-state index contributed by atoms with van der Waals surface area (Å²) in [6, 6.07) is 0. The van der Waals surface area contributed by atoms with E-state index in [-0.39, 0.29) is 11.4 Å². The Hall–Kier alpha value is -0.610. The van der Waals surface area contributed by atoms with Crippen LogP contribution < -0.4 is 0 Å². The molecule has 0 aromatic carbocycles. The van der Waals surface area contributed by atoms with Crippen molar-refractivity contribution in [3.8, 4) is 0 Å². The van der Waals surface area contributed by atoms with Gasteiger partial charge in [0.2, 0.25) is 0 Å². The van der Waals surface area contributed by atoms with E-state index in [4.69, 9.17) is 4.74 Å². The number of aliphatic hydroxyl groups excluding tert-OH is 1. The van der Waals surface area contributed by atoms with E-state index in [1.54, 1.807) is 12.0 Å². The van der Waals surface area contributed by atoms with Gasteiger partial charge in [0.05, 0.1) is 5.41 Å². The summed E-state index contributed by atoms with van der Waals surface area (Å²) in [4.78, 5) is 14.1. The van der Waals surface area contributed by atoms with Gasteiger partial charge in [0, 0.05) is 12.6 Å². The molecule has 1 aliphatic heterocycles. The van der Waals surface area contributed by atoms with Crippen LogP contribution in [0.1, 0.15) is 52.9 Å². The van der Waals surface area contributed by atoms with Crippen LogP contribution in [0.15, 0.2) is 0 Å². The van der Waals surface area contributed by atoms with Crippen molar-refractivity contribution in [3.63, 3.8) is 0 Å². The zero-order valence-electron chi connectivity index (χ0n) is 11.9. The molecule has 2 rings (SSSR count). The molecule has 0 radical (unpaired) electrons. The highest BCUT2D eigenvalue weighted by Crippen LogP contribution is 2.50. The van der Waals surface area contributed by atoms with E-state index < -0.39 is 17.7 Å². The van der Waals surface area contributed by atoms with Crippen LogP contribution in [0, 0.1) is 5.41 Å². The van der Waals surface area contributed by atoms with Crippen molar-refractivity contribution in [2.75, 3.05) is 7.11 Å². The molecule has 1 heterocycles. The Labute approximate surface area is 109 Å². The zero-order valence-corrected chi connectivity index (χ0v) is 11.9. The van der Waals surface area contributed by atoms with E-state index in [9.17, 15) is 9.90 Å². The summed E-state index contributed by atoms with van der Waals surface area (Å²) in [5.41, 5.74) is -0.758. The Morgan fingerprint density at radius 1 is 1.28 bits per heavy atom. The van der Waals surface area contributed by atoms with Gasteiger partial charge >= 0.3 is 0 Å². The molecular formula is C14H25NO3. The number of amides is 1. The van der Waals surface area contributed by atoms with E-state index in [1.165, 1.54) is 6.42 Å². The van der Waals surface area contributed by atoms with Gasteiger partial charge in [0.1, 0.15) is 12.3 Å². The third-order valence-corrected chi connectivity index (χ3v) is 4.49. The molecule has 0 bridgehead atoms. The molecule has 1 N–H and O–H groups in total. The van der Waals surface area contributed by atoms with Crippen molar-refractivity contribution < 1.29 is 14.6 Å². The molecule has 18 heavy (non-hydrogen) atoms. The molecule has 2 aliphatic rings. The normalized spacial score (nSPS) is 32.3. The Balaban J connectivity index is 2.38. The van der Waals surface area contributed by atoms with E-state index in [1.807, 2.05) is 20.8 Å². The molecule has 4 heteroatoms. The molecular weight excluding hydrogens is 230 g/mol. The monoisotopic (exact) mass is 255 g/mol. The molecule has 0 aromatic rings. The lowest BCUT2D eigenvalue weighted by Crippen LogP contribution is -2.50. The Morgan fingerprint density at radius 2 is 1.83 bits per heavy atom. The molecule has 0 aromatic heterocycles. The summed E-state index contributed by atoms with van der Waals surface area (Å²) in [6.45, 7) is 5.88. The van der Waals surface area contributed by atoms with Crippen molar-refractivity contribution in [2.45, 2.75) is 70.7 Å². The molecule has 0 unspecified atom stereocenters. The maximum absolute atomic E-state index is 12.5. The maximum atomic E-state index is 12.5. The van der Waals surface area contributed by atoms with Gasteiger partial charge < -0.3 is 14.7 Å². The first kappa shape index (κ1) is 13.8. The minimum Gasteiger partial charge on any atom is -0.373 e. The van der Waals surface area contributed by atoms with E-state index >= 15 is 0 Å². The number of hydrogen-bond donors (Lipinski definition) is 1. The Morgan fingerprint density at radius 3 is 2.28 bits per heavy atom. The highest BCUT2D eigenvalue weighted by molar-refractivity contribution is 5.85. The summed E-state index contributed by atoms with van der Waals surface area (Å²) < 4.78 is 5.46. The van der Waals surface area contributed by atoms with Gasteiger partial charge in [-0.15, -0.1) is 0 Å². The Bertz CT molecular complexity index is 328. The van der Waals surface area contributed by atoms with Gasteiger partial charge in [-0.2, -0.15) is 0 Å². The van der Waals surface area contributed by atoms with Gasteiger partial charge in [0.15, 0.2) is 0 Å². The second kappa shape index (κ2) is 4.49. The molecule has 1 amide bonds. The average Bonchev–Trinajstić information content (AvgIpc) is 2.48. The molecule has 1 aliphatic carbocycles. The number of rotatable bonds is 1. The van der Waals surface area contributed by atoms with Crippen molar-refractivity contribution in [1.82, 2.24) is 4.90 Å². The summed E-state index contributed by atoms with van der Waals surface area (Å²) in [5, 5.41) is 10.7. The number of aliphatic hydroxyl groups is 1. The highest BCUT2D eigenvalue weighted by atomic mass is 16.5. The largest absolute Gasteiger partial charge is 0.373 e. The second-order valence-electron chi connectivity index (χ2n) is 6.66. The molecule has 1 saturated heterocycles. The van der Waals surface area contributed by atoms with Crippen LogP contribution in [0.2, 0.25) is 0 Å². The molecule has 1 spiro atoms. The first-order chi connectivity index (χ1) is 8.34. The lowest BCUT2D eigenvalue weighted by Gasteiger charge is -2.42. The summed E-state index contributed by atoms with van der Waals surface area (Å²) in [6.07, 6.45) is 3.90. The number of carbonyl (C=O) groups excluding carboxylic acids is 1. The van der Waals surface area contributed by atoms with Crippen molar-refractivity contribution in [1.29, 1.82) is 0 Å². The van der Waals surface area contributed by atoms with Crippen molar-refractivity contribution >= 4 is 5.91 Å².